The molecule has 0 unspecified atom stereocenters. The first-order valence-electron chi connectivity index (χ1n) is 5.48. The lowest BCUT2D eigenvalue weighted by Crippen LogP contribution is -2.23. The molecule has 2 rings (SSSR count). The molecule has 2 aromatic rings. The number of hydrogen-bond donors (Lipinski definition) is 0. The molecule has 0 aliphatic heterocycles. The van der Waals surface area contributed by atoms with Crippen molar-refractivity contribution < 1.29 is 9.21 Å². The summed E-state index contributed by atoms with van der Waals surface area (Å²) < 4.78 is 6.48. The van der Waals surface area contributed by atoms with Crippen LogP contribution in [0.25, 0.3) is 11.5 Å². The summed E-state index contributed by atoms with van der Waals surface area (Å²) >= 11 is 4.60. The summed E-state index contributed by atoms with van der Waals surface area (Å²) in [5.41, 5.74) is 0.849. The van der Waals surface area contributed by atoms with E-state index in [9.17, 15) is 4.79 Å². The molecular formula is C12H12BrN3O2S. The molecule has 1 aromatic heterocycles. The van der Waals surface area contributed by atoms with Crippen molar-refractivity contribution >= 4 is 33.6 Å². The molecule has 0 aliphatic rings. The van der Waals surface area contributed by atoms with Crippen LogP contribution in [0.2, 0.25) is 0 Å². The number of rotatable bonds is 4. The number of amides is 1. The van der Waals surface area contributed by atoms with Gasteiger partial charge in [-0.2, -0.15) is 0 Å². The van der Waals surface area contributed by atoms with Gasteiger partial charge in [0.1, 0.15) is 0 Å². The Morgan fingerprint density at radius 3 is 2.63 bits per heavy atom. The van der Waals surface area contributed by atoms with Crippen LogP contribution in [0.4, 0.5) is 0 Å². The normalized spacial score (nSPS) is 10.5. The monoisotopic (exact) mass is 341 g/mol. The van der Waals surface area contributed by atoms with Crippen molar-refractivity contribution in [1.82, 2.24) is 15.1 Å². The highest BCUT2D eigenvalue weighted by molar-refractivity contribution is 9.10. The van der Waals surface area contributed by atoms with Gasteiger partial charge >= 0.3 is 0 Å². The third-order valence-corrected chi connectivity index (χ3v) is 3.65. The summed E-state index contributed by atoms with van der Waals surface area (Å²) in [5.74, 6) is 0.746. The van der Waals surface area contributed by atoms with Crippen molar-refractivity contribution in [3.8, 4) is 11.5 Å². The summed E-state index contributed by atoms with van der Waals surface area (Å²) in [4.78, 5) is 13.0. The third kappa shape index (κ3) is 3.81. The predicted octanol–water partition coefficient (Wildman–Crippen LogP) is 2.68. The van der Waals surface area contributed by atoms with Gasteiger partial charge in [0.2, 0.25) is 11.8 Å². The Labute approximate surface area is 123 Å². The fraction of sp³-hybridized carbons (Fsp3) is 0.250. The molecule has 19 heavy (non-hydrogen) atoms. The minimum absolute atomic E-state index is 0.00777. The molecule has 0 bridgehead atoms. The van der Waals surface area contributed by atoms with E-state index in [1.807, 2.05) is 24.3 Å². The minimum Gasteiger partial charge on any atom is -0.411 e. The fourth-order valence-electron chi connectivity index (χ4n) is 1.23. The van der Waals surface area contributed by atoms with E-state index < -0.39 is 0 Å². The molecule has 1 heterocycles. The minimum atomic E-state index is 0.00777. The molecule has 0 aliphatic carbocycles. The number of benzene rings is 1. The lowest BCUT2D eigenvalue weighted by Gasteiger charge is -2.07. The number of halogens is 1. The van der Waals surface area contributed by atoms with Crippen LogP contribution in [-0.4, -0.2) is 40.9 Å². The molecule has 0 spiro atoms. The molecule has 1 amide bonds. The van der Waals surface area contributed by atoms with E-state index in [2.05, 4.69) is 26.1 Å². The SMILES string of the molecule is CN(C)C(=O)CSc1nnc(-c2ccc(Br)cc2)o1. The van der Waals surface area contributed by atoms with Crippen molar-refractivity contribution in [3.63, 3.8) is 0 Å². The summed E-state index contributed by atoms with van der Waals surface area (Å²) in [6.07, 6.45) is 0. The van der Waals surface area contributed by atoms with Gasteiger partial charge in [-0.15, -0.1) is 10.2 Å². The Balaban J connectivity index is 2.03. The predicted molar refractivity (Wildman–Crippen MR) is 76.9 cm³/mol. The average molecular weight is 342 g/mol. The second-order valence-electron chi connectivity index (χ2n) is 3.96. The van der Waals surface area contributed by atoms with Crippen LogP contribution >= 0.6 is 27.7 Å². The van der Waals surface area contributed by atoms with E-state index in [1.54, 1.807) is 14.1 Å². The Bertz CT molecular complexity index is 569. The molecular weight excluding hydrogens is 330 g/mol. The van der Waals surface area contributed by atoms with E-state index in [1.165, 1.54) is 16.7 Å². The first kappa shape index (κ1) is 14.1. The van der Waals surface area contributed by atoms with Crippen molar-refractivity contribution in [2.75, 3.05) is 19.8 Å². The maximum Gasteiger partial charge on any atom is 0.277 e. The number of thioether (sulfide) groups is 1. The largest absolute Gasteiger partial charge is 0.411 e. The molecule has 100 valence electrons. The number of carbonyl (C=O) groups is 1. The summed E-state index contributed by atoms with van der Waals surface area (Å²) in [6.45, 7) is 0. The van der Waals surface area contributed by atoms with E-state index in [-0.39, 0.29) is 11.7 Å². The van der Waals surface area contributed by atoms with Crippen LogP contribution < -0.4 is 0 Å². The van der Waals surface area contributed by atoms with Crippen LogP contribution in [0, 0.1) is 0 Å². The molecule has 5 nitrogen and oxygen atoms in total. The quantitative estimate of drug-likeness (QED) is 0.800. The zero-order chi connectivity index (χ0) is 13.8. The van der Waals surface area contributed by atoms with Crippen molar-refractivity contribution in [2.45, 2.75) is 5.22 Å². The van der Waals surface area contributed by atoms with Crippen LogP contribution in [0.15, 0.2) is 38.4 Å². The highest BCUT2D eigenvalue weighted by atomic mass is 79.9. The van der Waals surface area contributed by atoms with E-state index in [0.29, 0.717) is 11.1 Å². The van der Waals surface area contributed by atoms with Gasteiger partial charge in [-0.25, -0.2) is 0 Å². The zero-order valence-electron chi connectivity index (χ0n) is 10.5. The standard InChI is InChI=1S/C12H12BrN3O2S/c1-16(2)10(17)7-19-12-15-14-11(18-12)8-3-5-9(13)6-4-8/h3-6H,7H2,1-2H3. The first-order valence-corrected chi connectivity index (χ1v) is 7.26. The Hall–Kier alpha value is -1.34. The van der Waals surface area contributed by atoms with Gasteiger partial charge in [0, 0.05) is 24.1 Å². The molecule has 7 heteroatoms. The fourth-order valence-corrected chi connectivity index (χ4v) is 2.24. The molecule has 0 saturated heterocycles. The second kappa shape index (κ2) is 6.21. The summed E-state index contributed by atoms with van der Waals surface area (Å²) in [7, 11) is 3.42. The number of aromatic nitrogens is 2. The van der Waals surface area contributed by atoms with Gasteiger partial charge < -0.3 is 9.32 Å². The molecule has 0 saturated carbocycles. The highest BCUT2D eigenvalue weighted by Crippen LogP contribution is 2.24. The van der Waals surface area contributed by atoms with Crippen molar-refractivity contribution in [3.05, 3.63) is 28.7 Å². The van der Waals surface area contributed by atoms with Gasteiger partial charge in [0.15, 0.2) is 0 Å². The lowest BCUT2D eigenvalue weighted by molar-refractivity contribution is -0.125. The van der Waals surface area contributed by atoms with E-state index >= 15 is 0 Å². The van der Waals surface area contributed by atoms with Crippen LogP contribution in [-0.2, 0) is 4.79 Å². The van der Waals surface area contributed by atoms with Gasteiger partial charge in [0.25, 0.3) is 5.22 Å². The van der Waals surface area contributed by atoms with Gasteiger partial charge in [-0.05, 0) is 24.3 Å². The zero-order valence-corrected chi connectivity index (χ0v) is 12.9. The van der Waals surface area contributed by atoms with Crippen molar-refractivity contribution in [1.29, 1.82) is 0 Å². The Morgan fingerprint density at radius 2 is 2.00 bits per heavy atom. The highest BCUT2D eigenvalue weighted by Gasteiger charge is 2.11. The Morgan fingerprint density at radius 1 is 1.32 bits per heavy atom. The second-order valence-corrected chi connectivity index (χ2v) is 5.80. The number of hydrogen-bond acceptors (Lipinski definition) is 5. The molecule has 0 N–H and O–H groups in total. The lowest BCUT2D eigenvalue weighted by atomic mass is 10.2. The molecule has 0 fully saturated rings. The maximum absolute atomic E-state index is 11.4. The number of nitrogens with zero attached hydrogens (tertiary/aromatic N) is 3. The van der Waals surface area contributed by atoms with Crippen LogP contribution in [0.3, 0.4) is 0 Å². The summed E-state index contributed by atoms with van der Waals surface area (Å²) in [6, 6.07) is 7.58. The molecule has 0 atom stereocenters. The average Bonchev–Trinajstić information content (AvgIpc) is 2.85. The molecule has 1 aromatic carbocycles. The van der Waals surface area contributed by atoms with Crippen LogP contribution in [0.1, 0.15) is 0 Å². The topological polar surface area (TPSA) is 59.2 Å². The maximum atomic E-state index is 11.4. The van der Waals surface area contributed by atoms with Crippen molar-refractivity contribution in [2.24, 2.45) is 0 Å². The van der Waals surface area contributed by atoms with Gasteiger partial charge in [-0.1, -0.05) is 27.7 Å². The number of carbonyl (C=O) groups excluding carboxylic acids is 1. The third-order valence-electron chi connectivity index (χ3n) is 2.32. The summed E-state index contributed by atoms with van der Waals surface area (Å²) in [5, 5.41) is 8.27. The first-order chi connectivity index (χ1) is 9.06. The molecule has 0 radical (unpaired) electrons. The van der Waals surface area contributed by atoms with Crippen LogP contribution in [0.5, 0.6) is 0 Å². The van der Waals surface area contributed by atoms with Gasteiger partial charge in [0.05, 0.1) is 5.75 Å². The smallest absolute Gasteiger partial charge is 0.277 e. The van der Waals surface area contributed by atoms with E-state index in [0.717, 1.165) is 10.0 Å². The Kier molecular flexibility index (Phi) is 4.60. The van der Waals surface area contributed by atoms with Gasteiger partial charge in [-0.3, -0.25) is 4.79 Å². The van der Waals surface area contributed by atoms with E-state index in [4.69, 9.17) is 4.42 Å².